The molecule has 0 spiro atoms. The van der Waals surface area contributed by atoms with Crippen LogP contribution in [0.15, 0.2) is 45.3 Å². The third-order valence-electron chi connectivity index (χ3n) is 2.55. The molecule has 94 valence electrons. The van der Waals surface area contributed by atoms with E-state index in [4.69, 9.17) is 5.73 Å². The average molecular weight is 377 g/mol. The van der Waals surface area contributed by atoms with E-state index in [0.29, 0.717) is 5.56 Å². The zero-order valence-corrected chi connectivity index (χ0v) is 12.3. The van der Waals surface area contributed by atoms with Crippen molar-refractivity contribution >= 4 is 31.9 Å². The quantitative estimate of drug-likeness (QED) is 0.818. The monoisotopic (exact) mass is 375 g/mol. The first kappa shape index (κ1) is 13.6. The molecule has 0 bridgehead atoms. The first-order valence-electron chi connectivity index (χ1n) is 5.14. The molecule has 5 heteroatoms. The lowest BCUT2D eigenvalue weighted by Gasteiger charge is -2.13. The third-order valence-corrected chi connectivity index (χ3v) is 3.46. The van der Waals surface area contributed by atoms with Crippen molar-refractivity contribution in [3.05, 3.63) is 68.1 Å². The van der Waals surface area contributed by atoms with Crippen molar-refractivity contribution in [3.63, 3.8) is 0 Å². The van der Waals surface area contributed by atoms with Crippen LogP contribution in [-0.2, 0) is 0 Å². The molecule has 0 saturated heterocycles. The topological polar surface area (TPSA) is 26.0 Å². The number of hydrogen-bond acceptors (Lipinski definition) is 1. The van der Waals surface area contributed by atoms with E-state index >= 15 is 0 Å². The van der Waals surface area contributed by atoms with Crippen LogP contribution in [-0.4, -0.2) is 0 Å². The molecule has 2 rings (SSSR count). The van der Waals surface area contributed by atoms with Gasteiger partial charge in [0.25, 0.3) is 0 Å². The van der Waals surface area contributed by atoms with Gasteiger partial charge in [0.15, 0.2) is 11.6 Å². The summed E-state index contributed by atoms with van der Waals surface area (Å²) in [6.07, 6.45) is 0. The number of benzene rings is 2. The Morgan fingerprint density at radius 3 is 2.00 bits per heavy atom. The smallest absolute Gasteiger partial charge is 0.159 e. The number of hydrogen-bond donors (Lipinski definition) is 1. The summed E-state index contributed by atoms with van der Waals surface area (Å²) >= 11 is 6.72. The highest BCUT2D eigenvalue weighted by atomic mass is 79.9. The first-order valence-corrected chi connectivity index (χ1v) is 6.72. The number of halogens is 4. The average Bonchev–Trinajstić information content (AvgIpc) is 2.30. The molecule has 1 unspecified atom stereocenters. The van der Waals surface area contributed by atoms with Crippen LogP contribution >= 0.6 is 31.9 Å². The van der Waals surface area contributed by atoms with Crippen molar-refractivity contribution in [1.82, 2.24) is 0 Å². The fourth-order valence-electron chi connectivity index (χ4n) is 1.65. The molecule has 1 nitrogen and oxygen atoms in total. The Bertz CT molecular complexity index is 567. The maximum Gasteiger partial charge on any atom is 0.159 e. The molecule has 0 amide bonds. The fraction of sp³-hybridized carbons (Fsp3) is 0.0769. The Morgan fingerprint density at radius 2 is 1.44 bits per heavy atom. The summed E-state index contributed by atoms with van der Waals surface area (Å²) in [5.74, 6) is -1.77. The molecule has 18 heavy (non-hydrogen) atoms. The van der Waals surface area contributed by atoms with E-state index in [-0.39, 0.29) is 0 Å². The van der Waals surface area contributed by atoms with Crippen molar-refractivity contribution in [3.8, 4) is 0 Å². The van der Waals surface area contributed by atoms with Crippen LogP contribution in [0.1, 0.15) is 17.2 Å². The van der Waals surface area contributed by atoms with E-state index in [9.17, 15) is 8.78 Å². The summed E-state index contributed by atoms with van der Waals surface area (Å²) in [5, 5.41) is 0. The Hall–Kier alpha value is -0.780. The zero-order valence-electron chi connectivity index (χ0n) is 9.13. The van der Waals surface area contributed by atoms with E-state index in [0.717, 1.165) is 26.6 Å². The minimum absolute atomic E-state index is 0.506. The minimum atomic E-state index is -0.892. The maximum absolute atomic E-state index is 13.2. The predicted octanol–water partition coefficient (Wildman–Crippen LogP) is 4.54. The van der Waals surface area contributed by atoms with Crippen molar-refractivity contribution in [1.29, 1.82) is 0 Å². The Balaban J connectivity index is 2.40. The van der Waals surface area contributed by atoms with Crippen LogP contribution in [0, 0.1) is 11.6 Å². The summed E-state index contributed by atoms with van der Waals surface area (Å²) in [6.45, 7) is 0. The lowest BCUT2D eigenvalue weighted by atomic mass is 9.99. The van der Waals surface area contributed by atoms with Gasteiger partial charge in [-0.25, -0.2) is 8.78 Å². The van der Waals surface area contributed by atoms with Crippen LogP contribution in [0.2, 0.25) is 0 Å². The van der Waals surface area contributed by atoms with Gasteiger partial charge in [-0.05, 0) is 41.5 Å². The van der Waals surface area contributed by atoms with Crippen molar-refractivity contribution in [2.24, 2.45) is 5.73 Å². The van der Waals surface area contributed by atoms with Gasteiger partial charge in [0.05, 0.1) is 6.04 Å². The largest absolute Gasteiger partial charge is 0.320 e. The Kier molecular flexibility index (Phi) is 4.14. The molecule has 0 aromatic heterocycles. The van der Waals surface area contributed by atoms with Gasteiger partial charge in [0, 0.05) is 8.95 Å². The lowest BCUT2D eigenvalue weighted by Crippen LogP contribution is -2.12. The summed E-state index contributed by atoms with van der Waals surface area (Å²) in [5.41, 5.74) is 7.38. The summed E-state index contributed by atoms with van der Waals surface area (Å²) in [6, 6.07) is 8.74. The molecule has 0 heterocycles. The first-order chi connectivity index (χ1) is 8.47. The number of rotatable bonds is 2. The highest BCUT2D eigenvalue weighted by molar-refractivity contribution is 9.11. The summed E-state index contributed by atoms with van der Waals surface area (Å²) < 4.78 is 27.8. The van der Waals surface area contributed by atoms with E-state index in [2.05, 4.69) is 31.9 Å². The van der Waals surface area contributed by atoms with Crippen molar-refractivity contribution in [2.75, 3.05) is 0 Å². The zero-order chi connectivity index (χ0) is 13.3. The second-order valence-electron chi connectivity index (χ2n) is 3.85. The highest BCUT2D eigenvalue weighted by Crippen LogP contribution is 2.27. The summed E-state index contributed by atoms with van der Waals surface area (Å²) in [7, 11) is 0. The molecule has 0 saturated carbocycles. The van der Waals surface area contributed by atoms with Gasteiger partial charge >= 0.3 is 0 Å². The Labute approximate surface area is 120 Å². The maximum atomic E-state index is 13.2. The van der Waals surface area contributed by atoms with Gasteiger partial charge in [-0.15, -0.1) is 0 Å². The molecular weight excluding hydrogens is 368 g/mol. The molecule has 1 atom stereocenters. The predicted molar refractivity (Wildman–Crippen MR) is 74.2 cm³/mol. The Morgan fingerprint density at radius 1 is 0.833 bits per heavy atom. The third kappa shape index (κ3) is 2.96. The van der Waals surface area contributed by atoms with E-state index < -0.39 is 17.7 Å². The van der Waals surface area contributed by atoms with E-state index in [1.807, 2.05) is 18.2 Å². The minimum Gasteiger partial charge on any atom is -0.320 e. The van der Waals surface area contributed by atoms with Crippen LogP contribution < -0.4 is 5.73 Å². The molecule has 0 aliphatic rings. The normalized spacial score (nSPS) is 12.5. The van der Waals surface area contributed by atoms with Gasteiger partial charge in [-0.1, -0.05) is 37.9 Å². The number of nitrogens with two attached hydrogens (primary N) is 1. The molecule has 0 aliphatic heterocycles. The van der Waals surface area contributed by atoms with Crippen LogP contribution in [0.3, 0.4) is 0 Å². The molecule has 2 aromatic carbocycles. The van der Waals surface area contributed by atoms with E-state index in [1.165, 1.54) is 6.07 Å². The van der Waals surface area contributed by atoms with Crippen LogP contribution in [0.25, 0.3) is 0 Å². The lowest BCUT2D eigenvalue weighted by molar-refractivity contribution is 0.506. The van der Waals surface area contributed by atoms with Gasteiger partial charge in [-0.3, -0.25) is 0 Å². The van der Waals surface area contributed by atoms with Gasteiger partial charge in [0.2, 0.25) is 0 Å². The summed E-state index contributed by atoms with van der Waals surface area (Å²) in [4.78, 5) is 0. The molecule has 2 aromatic rings. The van der Waals surface area contributed by atoms with Gasteiger partial charge < -0.3 is 5.73 Å². The van der Waals surface area contributed by atoms with Crippen molar-refractivity contribution < 1.29 is 8.78 Å². The van der Waals surface area contributed by atoms with Crippen LogP contribution in [0.4, 0.5) is 8.78 Å². The second kappa shape index (κ2) is 5.47. The molecule has 0 radical (unpaired) electrons. The highest BCUT2D eigenvalue weighted by Gasteiger charge is 2.12. The van der Waals surface area contributed by atoms with E-state index in [1.54, 1.807) is 0 Å². The molecule has 0 fully saturated rings. The van der Waals surface area contributed by atoms with Gasteiger partial charge in [0.1, 0.15) is 0 Å². The SMILES string of the molecule is NC(c1cc(Br)cc(Br)c1)c1ccc(F)c(F)c1. The standard InChI is InChI=1S/C13H9Br2F2N/c14-9-3-8(4-10(15)6-9)13(18)7-1-2-11(16)12(17)5-7/h1-6,13H,18H2. The van der Waals surface area contributed by atoms with Crippen LogP contribution in [0.5, 0.6) is 0 Å². The van der Waals surface area contributed by atoms with Gasteiger partial charge in [-0.2, -0.15) is 0 Å². The van der Waals surface area contributed by atoms with Crippen molar-refractivity contribution in [2.45, 2.75) is 6.04 Å². The second-order valence-corrected chi connectivity index (χ2v) is 5.69. The molecule has 2 N–H and O–H groups in total. The fourth-order valence-corrected chi connectivity index (χ4v) is 2.98. The molecule has 0 aliphatic carbocycles. The molecular formula is C13H9Br2F2N.